The van der Waals surface area contributed by atoms with Crippen LogP contribution >= 0.6 is 0 Å². The molecule has 0 unspecified atom stereocenters. The van der Waals surface area contributed by atoms with Crippen molar-refractivity contribution in [2.24, 2.45) is 0 Å². The van der Waals surface area contributed by atoms with Crippen molar-refractivity contribution >= 4 is 18.1 Å². The second-order valence-corrected chi connectivity index (χ2v) is 5.86. The minimum absolute atomic E-state index is 0. The van der Waals surface area contributed by atoms with E-state index in [1.807, 2.05) is 13.0 Å². The Balaban J connectivity index is 0.00000300. The van der Waals surface area contributed by atoms with Gasteiger partial charge in [0.05, 0.1) is 30.5 Å². The van der Waals surface area contributed by atoms with Crippen LogP contribution in [0.1, 0.15) is 30.2 Å². The molecule has 3 heterocycles. The van der Waals surface area contributed by atoms with Gasteiger partial charge in [-0.05, 0) is 31.5 Å². The summed E-state index contributed by atoms with van der Waals surface area (Å²) in [6.45, 7) is 3.73. The molecule has 0 bridgehead atoms. The Morgan fingerprint density at radius 3 is 2.75 bits per heavy atom. The molecule has 0 aliphatic rings. The van der Waals surface area contributed by atoms with Crippen molar-refractivity contribution in [1.82, 2.24) is 19.5 Å². The highest BCUT2D eigenvalue weighted by Gasteiger charge is 2.14. The van der Waals surface area contributed by atoms with Crippen LogP contribution in [-0.4, -0.2) is 31.8 Å². The fraction of sp³-hybridized carbons (Fsp3) is 0.158. The lowest BCUT2D eigenvalue weighted by Crippen LogP contribution is -2.29. The molecule has 3 rings (SSSR count). The summed E-state index contributed by atoms with van der Waals surface area (Å²) in [5.41, 5.74) is 0.735. The first-order chi connectivity index (χ1) is 13.5. The summed E-state index contributed by atoms with van der Waals surface area (Å²) in [7, 11) is 0. The molecule has 0 saturated carbocycles. The van der Waals surface area contributed by atoms with Gasteiger partial charge in [0.25, 0.3) is 5.91 Å². The van der Waals surface area contributed by atoms with Crippen molar-refractivity contribution in [1.29, 1.82) is 10.8 Å². The molecule has 28 heavy (non-hydrogen) atoms. The Kier molecular flexibility index (Phi) is 5.54. The summed E-state index contributed by atoms with van der Waals surface area (Å²) in [6.07, 6.45) is 6.11. The highest BCUT2D eigenvalue weighted by molar-refractivity contribution is 6.03. The fourth-order valence-electron chi connectivity index (χ4n) is 2.42. The third-order valence-electron chi connectivity index (χ3n) is 3.85. The summed E-state index contributed by atoms with van der Waals surface area (Å²) in [6, 6.07) is 6.78. The second-order valence-electron chi connectivity index (χ2n) is 5.86. The molecule has 0 radical (unpaired) electrons. The molecule has 3 N–H and O–H groups in total. The number of aryl methyl sites for hydroxylation is 2. The Labute approximate surface area is 162 Å². The first-order valence-electron chi connectivity index (χ1n) is 8.55. The minimum atomic E-state index is -0.521. The van der Waals surface area contributed by atoms with Gasteiger partial charge in [0.1, 0.15) is 22.9 Å². The van der Waals surface area contributed by atoms with Crippen molar-refractivity contribution in [2.45, 2.75) is 20.3 Å². The maximum absolute atomic E-state index is 12.7. The van der Waals surface area contributed by atoms with E-state index in [4.69, 9.17) is 15.6 Å². The molecule has 0 aromatic carbocycles. The molecule has 3 aromatic heterocycles. The zero-order chi connectivity index (χ0) is 20.1. The van der Waals surface area contributed by atoms with Gasteiger partial charge in [0.15, 0.2) is 5.75 Å². The largest absolute Gasteiger partial charge is 0.453 e. The van der Waals surface area contributed by atoms with Crippen LogP contribution in [0.3, 0.4) is 0 Å². The molecule has 0 fully saturated rings. The van der Waals surface area contributed by atoms with Gasteiger partial charge in [0, 0.05) is 7.12 Å². The van der Waals surface area contributed by atoms with E-state index in [0.29, 0.717) is 17.4 Å². The Morgan fingerprint density at radius 2 is 2.07 bits per heavy atom. The van der Waals surface area contributed by atoms with Gasteiger partial charge in [-0.1, -0.05) is 13.0 Å². The second kappa shape index (κ2) is 8.21. The van der Waals surface area contributed by atoms with Gasteiger partial charge in [-0.2, -0.15) is 0 Å². The lowest BCUT2D eigenvalue weighted by atomic mass is 10.2. The van der Waals surface area contributed by atoms with Crippen LogP contribution in [0, 0.1) is 17.7 Å². The SMILES string of the molecule is CCc1cccc(NC(=O)c2cc(Oc3cnc(C)nc3)cn(C=N)c2=N)n1.[HH]. The molecule has 0 atom stereocenters. The quantitative estimate of drug-likeness (QED) is 0.448. The molecule has 0 saturated heterocycles. The average molecular weight is 379 g/mol. The molecule has 0 aliphatic heterocycles. The van der Waals surface area contributed by atoms with E-state index in [1.165, 1.54) is 29.2 Å². The van der Waals surface area contributed by atoms with Gasteiger partial charge in [-0.25, -0.2) is 15.0 Å². The van der Waals surface area contributed by atoms with Crippen molar-refractivity contribution in [3.05, 3.63) is 65.4 Å². The van der Waals surface area contributed by atoms with Crippen molar-refractivity contribution < 1.29 is 11.0 Å². The molecule has 9 heteroatoms. The number of rotatable bonds is 6. The average Bonchev–Trinajstić information content (AvgIpc) is 2.70. The van der Waals surface area contributed by atoms with Crippen LogP contribution in [0.2, 0.25) is 0 Å². The number of hydrogen-bond acceptors (Lipinski definition) is 7. The van der Waals surface area contributed by atoms with Gasteiger partial charge in [0.2, 0.25) is 0 Å². The maximum Gasteiger partial charge on any atom is 0.260 e. The van der Waals surface area contributed by atoms with Crippen LogP contribution in [0.4, 0.5) is 5.82 Å². The van der Waals surface area contributed by atoms with Crippen LogP contribution in [0.25, 0.3) is 0 Å². The van der Waals surface area contributed by atoms with Gasteiger partial charge in [-0.3, -0.25) is 20.2 Å². The molecule has 1 amide bonds. The van der Waals surface area contributed by atoms with Crippen LogP contribution < -0.4 is 15.5 Å². The molecular weight excluding hydrogens is 358 g/mol. The van der Waals surface area contributed by atoms with Crippen LogP contribution in [0.5, 0.6) is 11.5 Å². The van der Waals surface area contributed by atoms with E-state index in [1.54, 1.807) is 19.1 Å². The van der Waals surface area contributed by atoms with Gasteiger partial charge < -0.3 is 10.1 Å². The predicted octanol–water partition coefficient (Wildman–Crippen LogP) is 2.77. The maximum atomic E-state index is 12.7. The Bertz CT molecular complexity index is 1080. The summed E-state index contributed by atoms with van der Waals surface area (Å²) in [5, 5.41) is 18.4. The van der Waals surface area contributed by atoms with Crippen molar-refractivity contribution in [3.8, 4) is 11.5 Å². The fourth-order valence-corrected chi connectivity index (χ4v) is 2.42. The minimum Gasteiger partial charge on any atom is -0.453 e. The number of aromatic nitrogens is 4. The first-order valence-corrected chi connectivity index (χ1v) is 8.55. The Hall–Kier alpha value is -3.88. The summed E-state index contributed by atoms with van der Waals surface area (Å²) in [5.74, 6) is 1.12. The number of nitrogens with one attached hydrogen (secondary N) is 3. The number of carbonyl (C=O) groups is 1. The number of carbonyl (C=O) groups excluding carboxylic acids is 1. The van der Waals surface area contributed by atoms with Crippen molar-refractivity contribution in [2.75, 3.05) is 5.32 Å². The number of amides is 1. The highest BCUT2D eigenvalue weighted by Crippen LogP contribution is 2.20. The normalized spacial score (nSPS) is 10.4. The molecule has 0 spiro atoms. The molecule has 9 nitrogen and oxygen atoms in total. The first kappa shape index (κ1) is 18.9. The third-order valence-corrected chi connectivity index (χ3v) is 3.85. The lowest BCUT2D eigenvalue weighted by molar-refractivity contribution is 0.102. The number of ether oxygens (including phenoxy) is 1. The number of pyridine rings is 2. The van der Waals surface area contributed by atoms with Crippen molar-refractivity contribution in [3.63, 3.8) is 0 Å². The zero-order valence-corrected chi connectivity index (χ0v) is 15.4. The lowest BCUT2D eigenvalue weighted by Gasteiger charge is -2.11. The molecule has 0 aliphatic carbocycles. The standard InChI is InChI=1S/C19H19N7O2.H2/c1-3-13-5-4-6-17(24-13)25-19(27)16-7-14(10-26(11-20)18(16)21)28-15-8-22-12(2)23-9-15;/h4-11,20-21H,3H2,1-2H3,(H,24,25,27);1H. The predicted molar refractivity (Wildman–Crippen MR) is 105 cm³/mol. The third kappa shape index (κ3) is 4.26. The number of hydrogen-bond donors (Lipinski definition) is 3. The summed E-state index contributed by atoms with van der Waals surface area (Å²) in [4.78, 5) is 25.2. The van der Waals surface area contributed by atoms with E-state index in [2.05, 4.69) is 20.3 Å². The van der Waals surface area contributed by atoms with E-state index in [-0.39, 0.29) is 18.2 Å². The molecule has 3 aromatic rings. The highest BCUT2D eigenvalue weighted by atomic mass is 16.5. The zero-order valence-electron chi connectivity index (χ0n) is 15.4. The number of nitrogens with zero attached hydrogens (tertiary/aromatic N) is 4. The number of anilines is 1. The van der Waals surface area contributed by atoms with E-state index < -0.39 is 5.91 Å². The summed E-state index contributed by atoms with van der Waals surface area (Å²) < 4.78 is 6.86. The van der Waals surface area contributed by atoms with E-state index in [0.717, 1.165) is 18.5 Å². The topological polar surface area (TPSA) is 130 Å². The molecular formula is C19H21N7O2. The van der Waals surface area contributed by atoms with Crippen LogP contribution in [0.15, 0.2) is 42.9 Å². The van der Waals surface area contributed by atoms with E-state index >= 15 is 0 Å². The summed E-state index contributed by atoms with van der Waals surface area (Å²) >= 11 is 0. The van der Waals surface area contributed by atoms with Gasteiger partial charge in [-0.15, -0.1) is 0 Å². The van der Waals surface area contributed by atoms with E-state index in [9.17, 15) is 4.79 Å². The smallest absolute Gasteiger partial charge is 0.260 e. The Morgan fingerprint density at radius 1 is 1.32 bits per heavy atom. The molecule has 144 valence electrons. The van der Waals surface area contributed by atoms with Crippen LogP contribution in [-0.2, 0) is 6.42 Å². The monoisotopic (exact) mass is 379 g/mol. The van der Waals surface area contributed by atoms with Gasteiger partial charge >= 0.3 is 0 Å².